The summed E-state index contributed by atoms with van der Waals surface area (Å²) in [5.41, 5.74) is 0.933. The molecule has 3 aromatic rings. The largest absolute Gasteiger partial charge is 0.490 e. The summed E-state index contributed by atoms with van der Waals surface area (Å²) in [5, 5.41) is 13.7. The molecule has 0 spiro atoms. The molecule has 0 saturated heterocycles. The zero-order valence-electron chi connectivity index (χ0n) is 22.1. The van der Waals surface area contributed by atoms with E-state index in [1.165, 1.54) is 0 Å². The zero-order chi connectivity index (χ0) is 28.2. The first-order valence-corrected chi connectivity index (χ1v) is 14.1. The van der Waals surface area contributed by atoms with Gasteiger partial charge in [-0.05, 0) is 52.0 Å². The van der Waals surface area contributed by atoms with E-state index in [0.717, 1.165) is 23.1 Å². The fourth-order valence-corrected chi connectivity index (χ4v) is 4.85. The van der Waals surface area contributed by atoms with Crippen LogP contribution in [0, 0.1) is 0 Å². The molecule has 2 amide bonds. The molecular weight excluding hydrogens is 544 g/mol. The quantitative estimate of drug-likeness (QED) is 0.155. The van der Waals surface area contributed by atoms with Gasteiger partial charge in [-0.1, -0.05) is 35.2 Å². The molecule has 0 aliphatic heterocycles. The van der Waals surface area contributed by atoms with Crippen LogP contribution in [0.25, 0.3) is 0 Å². The number of amides is 2. The topological polar surface area (TPSA) is 138 Å². The average molecular weight is 575 g/mol. The van der Waals surface area contributed by atoms with Crippen molar-refractivity contribution in [3.8, 4) is 17.2 Å². The summed E-state index contributed by atoms with van der Waals surface area (Å²) in [6.07, 6.45) is 0. The van der Waals surface area contributed by atoms with Crippen molar-refractivity contribution in [2.45, 2.75) is 32.0 Å². The number of carbonyl (C=O) groups is 3. The van der Waals surface area contributed by atoms with E-state index in [2.05, 4.69) is 20.8 Å². The molecule has 208 valence electrons. The lowest BCUT2D eigenvalue weighted by molar-refractivity contribution is -0.113. The zero-order valence-corrected chi connectivity index (χ0v) is 23.7. The SMILES string of the molecule is CCOC(=O)c1ccccc1NC(=O)CSc1nnc(NC(=O)c2cc(OCC)c(OCC)c(OCC)c2)s1. The Morgan fingerprint density at radius 3 is 2.18 bits per heavy atom. The minimum Gasteiger partial charge on any atom is -0.490 e. The predicted octanol–water partition coefficient (Wildman–Crippen LogP) is 4.89. The second kappa shape index (κ2) is 14.9. The molecular formula is C26H30N4O7S2. The minimum atomic E-state index is -0.514. The van der Waals surface area contributed by atoms with E-state index in [9.17, 15) is 14.4 Å². The average Bonchev–Trinajstić information content (AvgIpc) is 3.37. The van der Waals surface area contributed by atoms with Crippen molar-refractivity contribution in [1.82, 2.24) is 10.2 Å². The van der Waals surface area contributed by atoms with E-state index >= 15 is 0 Å². The van der Waals surface area contributed by atoms with Crippen LogP contribution in [0.5, 0.6) is 17.2 Å². The Kier molecular flexibility index (Phi) is 11.4. The maximum Gasteiger partial charge on any atom is 0.340 e. The Bertz CT molecular complexity index is 1270. The maximum absolute atomic E-state index is 13.0. The van der Waals surface area contributed by atoms with Crippen molar-refractivity contribution < 1.29 is 33.3 Å². The van der Waals surface area contributed by atoms with E-state index in [1.807, 2.05) is 20.8 Å². The molecule has 1 heterocycles. The summed E-state index contributed by atoms with van der Waals surface area (Å²) < 4.78 is 22.5. The molecule has 0 radical (unpaired) electrons. The molecule has 2 aromatic carbocycles. The Balaban J connectivity index is 1.64. The first kappa shape index (κ1) is 29.7. The molecule has 0 bridgehead atoms. The number of esters is 1. The third-order valence-corrected chi connectivity index (χ3v) is 6.79. The van der Waals surface area contributed by atoms with Gasteiger partial charge in [0.05, 0.1) is 43.4 Å². The number of carbonyl (C=O) groups excluding carboxylic acids is 3. The van der Waals surface area contributed by atoms with Crippen LogP contribution >= 0.6 is 23.1 Å². The van der Waals surface area contributed by atoms with Crippen LogP contribution in [-0.4, -0.2) is 60.2 Å². The Morgan fingerprint density at radius 1 is 0.872 bits per heavy atom. The molecule has 0 aliphatic rings. The monoisotopic (exact) mass is 574 g/mol. The molecule has 0 unspecified atom stereocenters. The van der Waals surface area contributed by atoms with Crippen molar-refractivity contribution in [2.24, 2.45) is 0 Å². The van der Waals surface area contributed by atoms with Gasteiger partial charge >= 0.3 is 5.97 Å². The molecule has 11 nitrogen and oxygen atoms in total. The van der Waals surface area contributed by atoms with E-state index in [4.69, 9.17) is 18.9 Å². The van der Waals surface area contributed by atoms with E-state index in [0.29, 0.717) is 52.7 Å². The van der Waals surface area contributed by atoms with Gasteiger partial charge in [-0.3, -0.25) is 14.9 Å². The van der Waals surface area contributed by atoms with E-state index in [-0.39, 0.29) is 29.0 Å². The van der Waals surface area contributed by atoms with Crippen LogP contribution in [0.15, 0.2) is 40.7 Å². The van der Waals surface area contributed by atoms with Crippen LogP contribution in [0.3, 0.4) is 0 Å². The van der Waals surface area contributed by atoms with Crippen LogP contribution in [0.2, 0.25) is 0 Å². The standard InChI is InChI=1S/C26H30N4O7S2/c1-5-34-19-13-16(14-20(35-6-2)22(19)36-7-3)23(32)28-25-29-30-26(39-25)38-15-21(31)27-18-12-10-9-11-17(18)24(33)37-8-4/h9-14H,5-8,15H2,1-4H3,(H,27,31)(H,28,29,32). The van der Waals surface area contributed by atoms with Gasteiger partial charge in [0.25, 0.3) is 5.91 Å². The predicted molar refractivity (Wildman–Crippen MR) is 150 cm³/mol. The lowest BCUT2D eigenvalue weighted by Gasteiger charge is -2.16. The summed E-state index contributed by atoms with van der Waals surface area (Å²) >= 11 is 2.28. The summed E-state index contributed by atoms with van der Waals surface area (Å²) in [6, 6.07) is 9.78. The molecule has 13 heteroatoms. The highest BCUT2D eigenvalue weighted by Crippen LogP contribution is 2.39. The van der Waals surface area contributed by atoms with Gasteiger partial charge in [-0.25, -0.2) is 4.79 Å². The Labute approximate surface area is 234 Å². The van der Waals surface area contributed by atoms with Crippen molar-refractivity contribution >= 4 is 51.7 Å². The van der Waals surface area contributed by atoms with Gasteiger partial charge in [0, 0.05) is 5.56 Å². The summed E-state index contributed by atoms with van der Waals surface area (Å²) in [6.45, 7) is 8.64. The highest BCUT2D eigenvalue weighted by atomic mass is 32.2. The Morgan fingerprint density at radius 2 is 1.54 bits per heavy atom. The van der Waals surface area contributed by atoms with Crippen LogP contribution in [0.4, 0.5) is 10.8 Å². The number of hydrogen-bond acceptors (Lipinski definition) is 11. The molecule has 2 N–H and O–H groups in total. The van der Waals surface area contributed by atoms with Gasteiger partial charge in [0.2, 0.25) is 16.8 Å². The van der Waals surface area contributed by atoms with E-state index in [1.54, 1.807) is 43.3 Å². The molecule has 0 aliphatic carbocycles. The lowest BCUT2D eigenvalue weighted by atomic mass is 10.1. The van der Waals surface area contributed by atoms with Crippen LogP contribution < -0.4 is 24.8 Å². The van der Waals surface area contributed by atoms with Gasteiger partial charge in [0.1, 0.15) is 0 Å². The number of nitrogens with zero attached hydrogens (tertiary/aromatic N) is 2. The number of aromatic nitrogens is 2. The fourth-order valence-electron chi connectivity index (χ4n) is 3.30. The van der Waals surface area contributed by atoms with Crippen molar-refractivity contribution in [2.75, 3.05) is 42.8 Å². The normalized spacial score (nSPS) is 10.5. The van der Waals surface area contributed by atoms with Crippen LogP contribution in [-0.2, 0) is 9.53 Å². The number of hydrogen-bond donors (Lipinski definition) is 2. The van der Waals surface area contributed by atoms with Crippen molar-refractivity contribution in [3.05, 3.63) is 47.5 Å². The molecule has 0 atom stereocenters. The molecule has 1 aromatic heterocycles. The second-order valence-corrected chi connectivity index (χ2v) is 9.73. The number of nitrogens with one attached hydrogen (secondary N) is 2. The molecule has 3 rings (SSSR count). The van der Waals surface area contributed by atoms with Gasteiger partial charge in [0.15, 0.2) is 15.8 Å². The number of benzene rings is 2. The minimum absolute atomic E-state index is 0.0219. The fraction of sp³-hybridized carbons (Fsp3) is 0.346. The summed E-state index contributed by atoms with van der Waals surface area (Å²) in [5.74, 6) is -0.0113. The van der Waals surface area contributed by atoms with Crippen molar-refractivity contribution in [3.63, 3.8) is 0 Å². The molecule has 0 saturated carbocycles. The maximum atomic E-state index is 13.0. The highest BCUT2D eigenvalue weighted by Gasteiger charge is 2.20. The van der Waals surface area contributed by atoms with E-state index < -0.39 is 11.9 Å². The smallest absolute Gasteiger partial charge is 0.340 e. The number of para-hydroxylation sites is 1. The van der Waals surface area contributed by atoms with Crippen molar-refractivity contribution in [1.29, 1.82) is 0 Å². The number of ether oxygens (including phenoxy) is 4. The number of rotatable bonds is 14. The van der Waals surface area contributed by atoms with Gasteiger partial charge < -0.3 is 24.3 Å². The number of anilines is 2. The second-order valence-electron chi connectivity index (χ2n) is 7.53. The first-order valence-electron chi connectivity index (χ1n) is 12.3. The summed E-state index contributed by atoms with van der Waals surface area (Å²) in [4.78, 5) is 37.6. The lowest BCUT2D eigenvalue weighted by Crippen LogP contribution is -2.17. The summed E-state index contributed by atoms with van der Waals surface area (Å²) in [7, 11) is 0. The highest BCUT2D eigenvalue weighted by molar-refractivity contribution is 8.01. The molecule has 39 heavy (non-hydrogen) atoms. The Hall–Kier alpha value is -3.84. The number of thioether (sulfide) groups is 1. The molecule has 0 fully saturated rings. The third kappa shape index (κ3) is 8.32. The first-order chi connectivity index (χ1) is 18.9. The van der Waals surface area contributed by atoms with Crippen LogP contribution in [0.1, 0.15) is 48.4 Å². The third-order valence-electron chi connectivity index (χ3n) is 4.82. The van der Waals surface area contributed by atoms with Gasteiger partial charge in [-0.15, -0.1) is 10.2 Å². The van der Waals surface area contributed by atoms with Gasteiger partial charge in [-0.2, -0.15) is 0 Å².